The van der Waals surface area contributed by atoms with Gasteiger partial charge >= 0.3 is 6.09 Å². The van der Waals surface area contributed by atoms with Gasteiger partial charge < -0.3 is 24.6 Å². The van der Waals surface area contributed by atoms with Gasteiger partial charge in [-0.1, -0.05) is 0 Å². The van der Waals surface area contributed by atoms with Crippen LogP contribution in [0, 0.1) is 0 Å². The Balaban J connectivity index is 1.69. The second-order valence-electron chi connectivity index (χ2n) is 7.61. The van der Waals surface area contributed by atoms with Crippen molar-refractivity contribution in [3.63, 3.8) is 0 Å². The number of guanidine groups is 1. The molecule has 0 bridgehead atoms. The van der Waals surface area contributed by atoms with Gasteiger partial charge in [-0.3, -0.25) is 4.99 Å². The van der Waals surface area contributed by atoms with E-state index in [9.17, 15) is 13.2 Å². The third kappa shape index (κ3) is 6.64. The summed E-state index contributed by atoms with van der Waals surface area (Å²) in [5.74, 6) is 0.841. The molecule has 26 heavy (non-hydrogen) atoms. The maximum Gasteiger partial charge on any atom is 0.410 e. The number of carbonyl (C=O) groups is 1. The Morgan fingerprint density at radius 3 is 2.69 bits per heavy atom. The first-order valence-electron chi connectivity index (χ1n) is 8.83. The average molecular weight is 391 g/mol. The quantitative estimate of drug-likeness (QED) is 0.634. The van der Waals surface area contributed by atoms with E-state index < -0.39 is 15.4 Å². The number of carbonyl (C=O) groups excluding carboxylic acids is 1. The van der Waals surface area contributed by atoms with Crippen LogP contribution in [-0.4, -0.2) is 99.9 Å². The molecule has 2 aliphatic rings. The van der Waals surface area contributed by atoms with E-state index >= 15 is 0 Å². The van der Waals surface area contributed by atoms with E-state index in [1.54, 1.807) is 4.90 Å². The van der Waals surface area contributed by atoms with Gasteiger partial charge in [0.2, 0.25) is 0 Å². The van der Waals surface area contributed by atoms with Gasteiger partial charge in [-0.05, 0) is 20.8 Å². The van der Waals surface area contributed by atoms with Crippen LogP contribution in [-0.2, 0) is 19.3 Å². The van der Waals surface area contributed by atoms with Crippen LogP contribution in [0.5, 0.6) is 0 Å². The van der Waals surface area contributed by atoms with Gasteiger partial charge in [-0.2, -0.15) is 0 Å². The minimum atomic E-state index is -2.99. The number of fused-ring (bicyclic) bond motifs is 1. The molecule has 0 aromatic carbocycles. The molecule has 9 nitrogen and oxygen atoms in total. The Morgan fingerprint density at radius 2 is 2.04 bits per heavy atom. The highest BCUT2D eigenvalue weighted by Gasteiger charge is 2.36. The second-order valence-corrected chi connectivity index (χ2v) is 9.87. The molecule has 1 fully saturated rings. The van der Waals surface area contributed by atoms with Crippen molar-refractivity contribution in [1.82, 2.24) is 15.1 Å². The van der Waals surface area contributed by atoms with Crippen LogP contribution in [0.1, 0.15) is 20.8 Å². The van der Waals surface area contributed by atoms with Crippen molar-refractivity contribution in [3.05, 3.63) is 0 Å². The van der Waals surface area contributed by atoms with Gasteiger partial charge in [-0.15, -0.1) is 0 Å². The third-order valence-corrected chi connectivity index (χ3v) is 4.89. The zero-order valence-electron chi connectivity index (χ0n) is 16.0. The molecule has 1 N–H and O–H groups in total. The fourth-order valence-electron chi connectivity index (χ4n) is 2.77. The molecular formula is C16H30N4O5S. The van der Waals surface area contributed by atoms with Gasteiger partial charge in [0.05, 0.1) is 31.6 Å². The smallest absolute Gasteiger partial charge is 0.410 e. The number of rotatable bonds is 6. The lowest BCUT2D eigenvalue weighted by Gasteiger charge is -2.39. The molecule has 1 amide bonds. The highest BCUT2D eigenvalue weighted by Crippen LogP contribution is 2.18. The summed E-state index contributed by atoms with van der Waals surface area (Å²) in [5, 5.41) is 3.23. The minimum Gasteiger partial charge on any atom is -0.444 e. The van der Waals surface area contributed by atoms with Crippen LogP contribution in [0.15, 0.2) is 4.99 Å². The molecule has 2 heterocycles. The third-order valence-electron chi connectivity index (χ3n) is 3.99. The van der Waals surface area contributed by atoms with E-state index in [2.05, 4.69) is 15.2 Å². The van der Waals surface area contributed by atoms with E-state index in [0.717, 1.165) is 5.96 Å². The fraction of sp³-hybridized carbons (Fsp3) is 0.875. The van der Waals surface area contributed by atoms with E-state index in [4.69, 9.17) is 9.47 Å². The number of nitrogens with zero attached hydrogens (tertiary/aromatic N) is 3. The van der Waals surface area contributed by atoms with Crippen LogP contribution in [0.3, 0.4) is 0 Å². The topological polar surface area (TPSA) is 101 Å². The SMILES string of the molecule is CC(C)(C)OC(=O)N1CCN2C(NCCOCCS(C)(=O)=O)=NCC2C1. The average Bonchev–Trinajstić information content (AvgIpc) is 2.90. The second kappa shape index (κ2) is 8.43. The highest BCUT2D eigenvalue weighted by molar-refractivity contribution is 7.90. The molecule has 0 saturated carbocycles. The van der Waals surface area contributed by atoms with Crippen LogP contribution in [0.2, 0.25) is 0 Å². The molecule has 1 unspecified atom stereocenters. The lowest BCUT2D eigenvalue weighted by molar-refractivity contribution is 0.0137. The van der Waals surface area contributed by atoms with E-state index in [1.165, 1.54) is 6.26 Å². The van der Waals surface area contributed by atoms with Crippen LogP contribution in [0.4, 0.5) is 4.79 Å². The van der Waals surface area contributed by atoms with Crippen LogP contribution >= 0.6 is 0 Å². The van der Waals surface area contributed by atoms with Crippen molar-refractivity contribution in [2.45, 2.75) is 32.4 Å². The molecular weight excluding hydrogens is 360 g/mol. The number of hydrogen-bond acceptors (Lipinski definition) is 8. The molecule has 0 spiro atoms. The highest BCUT2D eigenvalue weighted by atomic mass is 32.2. The normalized spacial score (nSPS) is 20.6. The maximum atomic E-state index is 12.2. The zero-order chi connectivity index (χ0) is 19.4. The fourth-order valence-corrected chi connectivity index (χ4v) is 3.19. The molecule has 2 aliphatic heterocycles. The Labute approximate surface area is 155 Å². The molecule has 0 aliphatic carbocycles. The number of sulfone groups is 1. The van der Waals surface area contributed by atoms with Gasteiger partial charge in [0.25, 0.3) is 0 Å². The van der Waals surface area contributed by atoms with Crippen LogP contribution in [0.25, 0.3) is 0 Å². The Bertz CT molecular complexity index is 629. The molecule has 10 heteroatoms. The van der Waals surface area contributed by atoms with E-state index in [-0.39, 0.29) is 24.5 Å². The Kier molecular flexibility index (Phi) is 6.73. The predicted octanol–water partition coefficient (Wildman–Crippen LogP) is -0.0719. The largest absolute Gasteiger partial charge is 0.444 e. The number of amides is 1. The number of nitrogens with one attached hydrogen (secondary N) is 1. The molecule has 1 atom stereocenters. The van der Waals surface area contributed by atoms with E-state index in [0.29, 0.717) is 39.3 Å². The Morgan fingerprint density at radius 1 is 1.31 bits per heavy atom. The lowest BCUT2D eigenvalue weighted by atomic mass is 10.2. The number of aliphatic imine (C=N–C) groups is 1. The summed E-state index contributed by atoms with van der Waals surface area (Å²) >= 11 is 0. The van der Waals surface area contributed by atoms with Crippen LogP contribution < -0.4 is 5.32 Å². The summed E-state index contributed by atoms with van der Waals surface area (Å²) in [4.78, 5) is 20.6. The number of hydrogen-bond donors (Lipinski definition) is 1. The first-order chi connectivity index (χ1) is 12.1. The summed E-state index contributed by atoms with van der Waals surface area (Å²) in [7, 11) is -2.99. The van der Waals surface area contributed by atoms with Crippen molar-refractivity contribution >= 4 is 21.9 Å². The molecule has 0 aromatic heterocycles. The van der Waals surface area contributed by atoms with Gasteiger partial charge in [0, 0.05) is 32.4 Å². The van der Waals surface area contributed by atoms with Crippen molar-refractivity contribution in [2.24, 2.45) is 4.99 Å². The number of ether oxygens (including phenoxy) is 2. The van der Waals surface area contributed by atoms with Crippen molar-refractivity contribution in [2.75, 3.05) is 57.9 Å². The predicted molar refractivity (Wildman–Crippen MR) is 99.1 cm³/mol. The first kappa shape index (κ1) is 20.8. The summed E-state index contributed by atoms with van der Waals surface area (Å²) in [6.07, 6.45) is 0.914. The van der Waals surface area contributed by atoms with Gasteiger partial charge in [-0.25, -0.2) is 13.2 Å². The monoisotopic (exact) mass is 390 g/mol. The maximum absolute atomic E-state index is 12.2. The molecule has 0 aromatic rings. The standard InChI is InChI=1S/C16H30N4O5S/c1-16(2,3)25-15(21)19-6-7-20-13(12-19)11-18-14(20)17-5-8-24-9-10-26(4,22)23/h13H,5-12H2,1-4H3,(H,17,18). The van der Waals surface area contributed by atoms with Gasteiger partial charge in [0.1, 0.15) is 15.4 Å². The molecule has 0 radical (unpaired) electrons. The summed E-state index contributed by atoms with van der Waals surface area (Å²) in [6.45, 7) is 9.27. The Hall–Kier alpha value is -1.55. The zero-order valence-corrected chi connectivity index (χ0v) is 16.8. The number of piperazine rings is 1. The molecule has 2 rings (SSSR count). The summed E-state index contributed by atoms with van der Waals surface area (Å²) < 4.78 is 32.8. The molecule has 1 saturated heterocycles. The molecule has 150 valence electrons. The summed E-state index contributed by atoms with van der Waals surface area (Å²) in [5.41, 5.74) is -0.496. The van der Waals surface area contributed by atoms with Crippen molar-refractivity contribution in [1.29, 1.82) is 0 Å². The first-order valence-corrected chi connectivity index (χ1v) is 10.9. The van der Waals surface area contributed by atoms with Crippen molar-refractivity contribution in [3.8, 4) is 0 Å². The lowest BCUT2D eigenvalue weighted by Crippen LogP contribution is -2.57. The van der Waals surface area contributed by atoms with Crippen molar-refractivity contribution < 1.29 is 22.7 Å². The minimum absolute atomic E-state index is 0.0304. The van der Waals surface area contributed by atoms with E-state index in [1.807, 2.05) is 20.8 Å². The summed E-state index contributed by atoms with van der Waals surface area (Å²) in [6, 6.07) is 0.157. The van der Waals surface area contributed by atoms with Gasteiger partial charge in [0.15, 0.2) is 5.96 Å².